The molecule has 0 radical (unpaired) electrons. The van der Waals surface area contributed by atoms with E-state index in [-0.39, 0.29) is 23.2 Å². The molecule has 0 aliphatic carbocycles. The van der Waals surface area contributed by atoms with Gasteiger partial charge in [0.1, 0.15) is 0 Å². The van der Waals surface area contributed by atoms with Crippen molar-refractivity contribution in [2.45, 2.75) is 26.4 Å². The Morgan fingerprint density at radius 2 is 1.66 bits per heavy atom. The Bertz CT molecular complexity index is 1080. The number of amides is 5. The van der Waals surface area contributed by atoms with Gasteiger partial charge in [0.2, 0.25) is 0 Å². The number of esters is 1. The van der Waals surface area contributed by atoms with Crippen LogP contribution < -0.4 is 11.1 Å². The van der Waals surface area contributed by atoms with Crippen molar-refractivity contribution in [2.24, 2.45) is 11.7 Å². The first-order valence-corrected chi connectivity index (χ1v) is 10.0. The summed E-state index contributed by atoms with van der Waals surface area (Å²) in [7, 11) is 0. The van der Waals surface area contributed by atoms with E-state index in [9.17, 15) is 24.0 Å². The average molecular weight is 437 g/mol. The van der Waals surface area contributed by atoms with Gasteiger partial charge in [0, 0.05) is 6.54 Å². The summed E-state index contributed by atoms with van der Waals surface area (Å²) in [6.07, 6.45) is -0.755. The number of nitrogens with one attached hydrogen (secondary N) is 1. The molecule has 1 unspecified atom stereocenters. The molecule has 32 heavy (non-hydrogen) atoms. The molecule has 9 heteroatoms. The number of urea groups is 1. The molecule has 2 aromatic carbocycles. The SMILES string of the molecule is CC(C)C(OC(=O)c1ccc2c(c1)C(=O)N(CCc1ccccc1)C2=O)C(=O)NC(N)=O. The number of rotatable bonds is 7. The fourth-order valence-electron chi connectivity index (χ4n) is 3.37. The summed E-state index contributed by atoms with van der Waals surface area (Å²) < 4.78 is 5.25. The number of carbonyl (C=O) groups is 5. The van der Waals surface area contributed by atoms with Crippen LogP contribution in [-0.2, 0) is 16.0 Å². The van der Waals surface area contributed by atoms with Crippen molar-refractivity contribution in [2.75, 3.05) is 6.54 Å². The van der Waals surface area contributed by atoms with E-state index in [0.717, 1.165) is 10.5 Å². The Balaban J connectivity index is 1.74. The fraction of sp³-hybridized carbons (Fsp3) is 0.261. The highest BCUT2D eigenvalue weighted by Crippen LogP contribution is 2.25. The number of carbonyl (C=O) groups excluding carboxylic acids is 5. The molecule has 0 bridgehead atoms. The molecule has 3 rings (SSSR count). The normalized spacial score (nSPS) is 13.7. The first-order valence-electron chi connectivity index (χ1n) is 10.0. The van der Waals surface area contributed by atoms with Gasteiger partial charge in [-0.25, -0.2) is 9.59 Å². The molecule has 9 nitrogen and oxygen atoms in total. The third kappa shape index (κ3) is 4.83. The second-order valence-corrected chi connectivity index (χ2v) is 7.68. The minimum Gasteiger partial charge on any atom is -0.448 e. The van der Waals surface area contributed by atoms with Crippen molar-refractivity contribution in [3.8, 4) is 0 Å². The van der Waals surface area contributed by atoms with E-state index in [1.807, 2.05) is 35.6 Å². The standard InChI is InChI=1S/C23H23N3O6/c1-13(2)18(19(27)25-23(24)31)32-22(30)15-8-9-16-17(12-15)21(29)26(20(16)28)11-10-14-6-4-3-5-7-14/h3-9,12-13,18H,10-11H2,1-2H3,(H3,24,25,27,31). The van der Waals surface area contributed by atoms with Gasteiger partial charge in [-0.3, -0.25) is 24.6 Å². The van der Waals surface area contributed by atoms with Gasteiger partial charge in [-0.05, 0) is 36.1 Å². The monoisotopic (exact) mass is 437 g/mol. The summed E-state index contributed by atoms with van der Waals surface area (Å²) in [5.41, 5.74) is 6.25. The predicted octanol–water partition coefficient (Wildman–Crippen LogP) is 1.90. The minimum absolute atomic E-state index is 0.00679. The largest absolute Gasteiger partial charge is 0.448 e. The maximum absolute atomic E-state index is 12.8. The van der Waals surface area contributed by atoms with Crippen LogP contribution in [0.1, 0.15) is 50.5 Å². The molecule has 0 aromatic heterocycles. The van der Waals surface area contributed by atoms with Gasteiger partial charge in [-0.15, -0.1) is 0 Å². The molecule has 1 aliphatic rings. The molecule has 0 saturated carbocycles. The van der Waals surface area contributed by atoms with E-state index in [0.29, 0.717) is 6.42 Å². The molecule has 0 fully saturated rings. The lowest BCUT2D eigenvalue weighted by molar-refractivity contribution is -0.130. The van der Waals surface area contributed by atoms with Crippen molar-refractivity contribution in [1.82, 2.24) is 10.2 Å². The number of primary amides is 1. The Kier molecular flexibility index (Phi) is 6.67. The van der Waals surface area contributed by atoms with Crippen molar-refractivity contribution >= 4 is 29.7 Å². The quantitative estimate of drug-likeness (QED) is 0.502. The minimum atomic E-state index is -1.26. The number of nitrogens with two attached hydrogens (primary N) is 1. The highest BCUT2D eigenvalue weighted by atomic mass is 16.5. The van der Waals surface area contributed by atoms with E-state index in [2.05, 4.69) is 0 Å². The summed E-state index contributed by atoms with van der Waals surface area (Å²) in [6, 6.07) is 12.4. The van der Waals surface area contributed by atoms with Crippen LogP contribution in [0.3, 0.4) is 0 Å². The average Bonchev–Trinajstić information content (AvgIpc) is 2.99. The Labute approximate surface area is 184 Å². The van der Waals surface area contributed by atoms with Crippen LogP contribution >= 0.6 is 0 Å². The van der Waals surface area contributed by atoms with Crippen LogP contribution in [0.25, 0.3) is 0 Å². The zero-order chi connectivity index (χ0) is 23.4. The second-order valence-electron chi connectivity index (χ2n) is 7.68. The number of hydrogen-bond acceptors (Lipinski definition) is 6. The molecule has 0 spiro atoms. The van der Waals surface area contributed by atoms with E-state index >= 15 is 0 Å². The number of nitrogens with zero attached hydrogens (tertiary/aromatic N) is 1. The Morgan fingerprint density at radius 3 is 2.28 bits per heavy atom. The lowest BCUT2D eigenvalue weighted by Crippen LogP contribution is -2.45. The zero-order valence-electron chi connectivity index (χ0n) is 17.7. The smallest absolute Gasteiger partial charge is 0.338 e. The van der Waals surface area contributed by atoms with Crippen LogP contribution in [0.2, 0.25) is 0 Å². The molecule has 1 aliphatic heterocycles. The summed E-state index contributed by atoms with van der Waals surface area (Å²) in [5, 5.41) is 1.89. The van der Waals surface area contributed by atoms with Gasteiger partial charge in [-0.2, -0.15) is 0 Å². The molecule has 166 valence electrons. The second kappa shape index (κ2) is 9.42. The van der Waals surface area contributed by atoms with Crippen LogP contribution in [0.15, 0.2) is 48.5 Å². The molecule has 1 atom stereocenters. The van der Waals surface area contributed by atoms with Gasteiger partial charge < -0.3 is 10.5 Å². The number of hydrogen-bond donors (Lipinski definition) is 2. The number of fused-ring (bicyclic) bond motifs is 1. The van der Waals surface area contributed by atoms with Crippen molar-refractivity contribution in [3.05, 3.63) is 70.8 Å². The van der Waals surface area contributed by atoms with E-state index in [1.165, 1.54) is 18.2 Å². The van der Waals surface area contributed by atoms with Crippen LogP contribution in [0.4, 0.5) is 4.79 Å². The third-order valence-electron chi connectivity index (χ3n) is 5.02. The van der Waals surface area contributed by atoms with E-state index < -0.39 is 41.7 Å². The van der Waals surface area contributed by atoms with E-state index in [4.69, 9.17) is 10.5 Å². The van der Waals surface area contributed by atoms with Crippen LogP contribution in [0.5, 0.6) is 0 Å². The summed E-state index contributed by atoms with van der Waals surface area (Å²) in [4.78, 5) is 62.2. The Hall–Kier alpha value is -4.01. The zero-order valence-corrected chi connectivity index (χ0v) is 17.7. The highest BCUT2D eigenvalue weighted by molar-refractivity contribution is 6.22. The topological polar surface area (TPSA) is 136 Å². The number of imide groups is 2. The van der Waals surface area contributed by atoms with Crippen molar-refractivity contribution in [1.29, 1.82) is 0 Å². The molecular weight excluding hydrogens is 414 g/mol. The summed E-state index contributed by atoms with van der Waals surface area (Å²) >= 11 is 0. The molecule has 0 saturated heterocycles. The molecule has 5 amide bonds. The number of benzene rings is 2. The molecule has 3 N–H and O–H groups in total. The first kappa shape index (κ1) is 22.7. The lowest BCUT2D eigenvalue weighted by atomic mass is 10.0. The van der Waals surface area contributed by atoms with Crippen molar-refractivity contribution < 1.29 is 28.7 Å². The summed E-state index contributed by atoms with van der Waals surface area (Å²) in [5.74, 6) is -3.08. The predicted molar refractivity (Wildman–Crippen MR) is 114 cm³/mol. The Morgan fingerprint density at radius 1 is 1.00 bits per heavy atom. The van der Waals surface area contributed by atoms with Crippen LogP contribution in [-0.4, -0.2) is 47.3 Å². The summed E-state index contributed by atoms with van der Waals surface area (Å²) in [6.45, 7) is 3.47. The highest BCUT2D eigenvalue weighted by Gasteiger charge is 2.36. The fourth-order valence-corrected chi connectivity index (χ4v) is 3.37. The van der Waals surface area contributed by atoms with Gasteiger partial charge in [0.15, 0.2) is 6.10 Å². The van der Waals surface area contributed by atoms with Gasteiger partial charge in [0.05, 0.1) is 16.7 Å². The third-order valence-corrected chi connectivity index (χ3v) is 5.02. The van der Waals surface area contributed by atoms with Gasteiger partial charge in [0.25, 0.3) is 17.7 Å². The maximum Gasteiger partial charge on any atom is 0.338 e. The maximum atomic E-state index is 12.8. The van der Waals surface area contributed by atoms with Gasteiger partial charge in [-0.1, -0.05) is 44.2 Å². The molecule has 2 aromatic rings. The molecular formula is C23H23N3O6. The van der Waals surface area contributed by atoms with Gasteiger partial charge >= 0.3 is 12.0 Å². The first-order chi connectivity index (χ1) is 15.2. The molecule has 1 heterocycles. The lowest BCUT2D eigenvalue weighted by Gasteiger charge is -2.19. The number of ether oxygens (including phenoxy) is 1. The van der Waals surface area contributed by atoms with Crippen LogP contribution in [0, 0.1) is 5.92 Å². The van der Waals surface area contributed by atoms with E-state index in [1.54, 1.807) is 13.8 Å². The van der Waals surface area contributed by atoms with Crippen molar-refractivity contribution in [3.63, 3.8) is 0 Å².